The molecule has 0 radical (unpaired) electrons. The van der Waals surface area contributed by atoms with E-state index in [1.54, 1.807) is 12.4 Å². The summed E-state index contributed by atoms with van der Waals surface area (Å²) in [7, 11) is 0. The van der Waals surface area contributed by atoms with Crippen molar-refractivity contribution in [3.63, 3.8) is 0 Å². The first-order valence-corrected chi connectivity index (χ1v) is 5.23. The lowest BCUT2D eigenvalue weighted by Gasteiger charge is -2.08. The van der Waals surface area contributed by atoms with Gasteiger partial charge in [-0.25, -0.2) is 0 Å². The first kappa shape index (κ1) is 7.98. The van der Waals surface area contributed by atoms with E-state index in [0.717, 1.165) is 12.4 Å². The van der Waals surface area contributed by atoms with Crippen LogP contribution in [0.25, 0.3) is 0 Å². The molecule has 0 saturated carbocycles. The molecule has 2 rings (SSSR count). The maximum atomic E-state index is 5.52. The molecule has 0 aliphatic carbocycles. The summed E-state index contributed by atoms with van der Waals surface area (Å²) in [6, 6.07) is 0. The molecule has 1 saturated heterocycles. The molecule has 1 aliphatic heterocycles. The van der Waals surface area contributed by atoms with E-state index in [0.29, 0.717) is 5.25 Å². The first-order chi connectivity index (χ1) is 5.95. The predicted molar refractivity (Wildman–Crippen MR) is 49.6 cm³/mol. The standard InChI is InChI=1S/C8H12N2OS/c1-2-8(12-3-1)6-11-7-4-9-10-5-7/h4-5,8H,1-3,6H2,(H,9,10). The van der Waals surface area contributed by atoms with E-state index in [4.69, 9.17) is 4.74 Å². The van der Waals surface area contributed by atoms with Gasteiger partial charge in [0.1, 0.15) is 6.61 Å². The second-order valence-electron chi connectivity index (χ2n) is 2.88. The number of thioether (sulfide) groups is 1. The van der Waals surface area contributed by atoms with E-state index >= 15 is 0 Å². The van der Waals surface area contributed by atoms with Crippen molar-refractivity contribution in [1.29, 1.82) is 0 Å². The summed E-state index contributed by atoms with van der Waals surface area (Å²) in [5, 5.41) is 7.23. The summed E-state index contributed by atoms with van der Waals surface area (Å²) >= 11 is 2.01. The van der Waals surface area contributed by atoms with Gasteiger partial charge in [0.25, 0.3) is 0 Å². The lowest BCUT2D eigenvalue weighted by molar-refractivity contribution is 0.315. The molecule has 1 aromatic rings. The maximum absolute atomic E-state index is 5.52. The fourth-order valence-corrected chi connectivity index (χ4v) is 2.45. The van der Waals surface area contributed by atoms with Crippen LogP contribution in [0.5, 0.6) is 5.75 Å². The maximum Gasteiger partial charge on any atom is 0.156 e. The largest absolute Gasteiger partial charge is 0.489 e. The molecule has 0 aromatic carbocycles. The van der Waals surface area contributed by atoms with Gasteiger partial charge in [0, 0.05) is 5.25 Å². The van der Waals surface area contributed by atoms with E-state index in [-0.39, 0.29) is 0 Å². The first-order valence-electron chi connectivity index (χ1n) is 4.18. The van der Waals surface area contributed by atoms with Crippen LogP contribution in [-0.2, 0) is 0 Å². The van der Waals surface area contributed by atoms with Crippen LogP contribution in [0.4, 0.5) is 0 Å². The van der Waals surface area contributed by atoms with Crippen molar-refractivity contribution in [2.45, 2.75) is 18.1 Å². The third kappa shape index (κ3) is 1.94. The number of ether oxygens (including phenoxy) is 1. The number of rotatable bonds is 3. The van der Waals surface area contributed by atoms with Crippen LogP contribution in [0, 0.1) is 0 Å². The number of aromatic amines is 1. The van der Waals surface area contributed by atoms with Gasteiger partial charge in [-0.1, -0.05) is 0 Å². The normalized spacial score (nSPS) is 22.8. The van der Waals surface area contributed by atoms with Gasteiger partial charge in [0.05, 0.1) is 12.4 Å². The van der Waals surface area contributed by atoms with E-state index in [1.165, 1.54) is 18.6 Å². The molecule has 66 valence electrons. The molecule has 1 N–H and O–H groups in total. The number of hydrogen-bond acceptors (Lipinski definition) is 3. The molecule has 1 atom stereocenters. The van der Waals surface area contributed by atoms with Crippen LogP contribution in [0.2, 0.25) is 0 Å². The predicted octanol–water partition coefficient (Wildman–Crippen LogP) is 1.68. The van der Waals surface area contributed by atoms with Crippen LogP contribution in [0.3, 0.4) is 0 Å². The molecule has 1 fully saturated rings. The van der Waals surface area contributed by atoms with Crippen molar-refractivity contribution in [1.82, 2.24) is 10.2 Å². The molecular weight excluding hydrogens is 172 g/mol. The lowest BCUT2D eigenvalue weighted by atomic mass is 10.3. The Labute approximate surface area is 75.9 Å². The Morgan fingerprint density at radius 2 is 2.75 bits per heavy atom. The third-order valence-corrected chi connectivity index (χ3v) is 3.30. The molecule has 1 aliphatic rings. The second-order valence-corrected chi connectivity index (χ2v) is 4.29. The van der Waals surface area contributed by atoms with E-state index in [1.807, 2.05) is 11.8 Å². The van der Waals surface area contributed by atoms with Crippen molar-refractivity contribution in [2.75, 3.05) is 12.4 Å². The van der Waals surface area contributed by atoms with Gasteiger partial charge in [-0.05, 0) is 18.6 Å². The summed E-state index contributed by atoms with van der Waals surface area (Å²) in [5.41, 5.74) is 0. The minimum Gasteiger partial charge on any atom is -0.489 e. The number of aromatic nitrogens is 2. The van der Waals surface area contributed by atoms with Crippen molar-refractivity contribution in [3.05, 3.63) is 12.4 Å². The van der Waals surface area contributed by atoms with Crippen molar-refractivity contribution in [3.8, 4) is 5.75 Å². The second kappa shape index (κ2) is 3.85. The van der Waals surface area contributed by atoms with E-state index in [9.17, 15) is 0 Å². The minimum atomic E-state index is 0.694. The molecule has 1 aromatic heterocycles. The van der Waals surface area contributed by atoms with Gasteiger partial charge in [-0.15, -0.1) is 0 Å². The van der Waals surface area contributed by atoms with Crippen LogP contribution < -0.4 is 4.74 Å². The number of H-pyrrole nitrogens is 1. The summed E-state index contributed by atoms with van der Waals surface area (Å²) < 4.78 is 5.52. The highest BCUT2D eigenvalue weighted by molar-refractivity contribution is 8.00. The molecular formula is C8H12N2OS. The SMILES string of the molecule is c1n[nH]cc1OCC1CCCS1. The molecule has 4 heteroatoms. The fourth-order valence-electron chi connectivity index (χ4n) is 1.28. The Bertz CT molecular complexity index is 219. The Kier molecular flexibility index (Phi) is 2.56. The minimum absolute atomic E-state index is 0.694. The van der Waals surface area contributed by atoms with Gasteiger partial charge >= 0.3 is 0 Å². The molecule has 12 heavy (non-hydrogen) atoms. The van der Waals surface area contributed by atoms with Crippen molar-refractivity contribution in [2.24, 2.45) is 0 Å². The average Bonchev–Trinajstić information content (AvgIpc) is 2.74. The third-order valence-electron chi connectivity index (χ3n) is 1.93. The van der Waals surface area contributed by atoms with Gasteiger partial charge in [-0.3, -0.25) is 5.10 Å². The fraction of sp³-hybridized carbons (Fsp3) is 0.625. The average molecular weight is 184 g/mol. The summed E-state index contributed by atoms with van der Waals surface area (Å²) in [4.78, 5) is 0. The van der Waals surface area contributed by atoms with Crippen LogP contribution in [-0.4, -0.2) is 27.8 Å². The number of nitrogens with zero attached hydrogens (tertiary/aromatic N) is 1. The highest BCUT2D eigenvalue weighted by Crippen LogP contribution is 2.26. The molecule has 3 nitrogen and oxygen atoms in total. The zero-order chi connectivity index (χ0) is 8.23. The summed E-state index contributed by atoms with van der Waals surface area (Å²) in [6.45, 7) is 0.824. The van der Waals surface area contributed by atoms with Crippen molar-refractivity contribution < 1.29 is 4.74 Å². The van der Waals surface area contributed by atoms with Crippen LogP contribution in [0.1, 0.15) is 12.8 Å². The summed E-state index contributed by atoms with van der Waals surface area (Å²) in [6.07, 6.45) is 6.12. The Hall–Kier alpha value is -0.640. The summed E-state index contributed by atoms with van der Waals surface area (Å²) in [5.74, 6) is 2.14. The molecule has 2 heterocycles. The zero-order valence-electron chi connectivity index (χ0n) is 6.82. The Morgan fingerprint density at radius 1 is 1.75 bits per heavy atom. The van der Waals surface area contributed by atoms with Crippen molar-refractivity contribution >= 4 is 11.8 Å². The number of hydrogen-bond donors (Lipinski definition) is 1. The monoisotopic (exact) mass is 184 g/mol. The Morgan fingerprint density at radius 3 is 3.42 bits per heavy atom. The molecule has 1 unspecified atom stereocenters. The highest BCUT2D eigenvalue weighted by Gasteiger charge is 2.15. The van der Waals surface area contributed by atoms with Gasteiger partial charge in [0.15, 0.2) is 5.75 Å². The zero-order valence-corrected chi connectivity index (χ0v) is 7.64. The van der Waals surface area contributed by atoms with Gasteiger partial charge in [-0.2, -0.15) is 16.9 Å². The van der Waals surface area contributed by atoms with E-state index in [2.05, 4.69) is 10.2 Å². The smallest absolute Gasteiger partial charge is 0.156 e. The Balaban J connectivity index is 1.74. The topological polar surface area (TPSA) is 37.9 Å². The molecule has 0 bridgehead atoms. The lowest BCUT2D eigenvalue weighted by Crippen LogP contribution is -2.10. The van der Waals surface area contributed by atoms with E-state index < -0.39 is 0 Å². The molecule has 0 amide bonds. The highest BCUT2D eigenvalue weighted by atomic mass is 32.2. The molecule has 0 spiro atoms. The van der Waals surface area contributed by atoms with Gasteiger partial charge in [0.2, 0.25) is 0 Å². The van der Waals surface area contributed by atoms with Crippen LogP contribution >= 0.6 is 11.8 Å². The van der Waals surface area contributed by atoms with Gasteiger partial charge < -0.3 is 4.74 Å². The van der Waals surface area contributed by atoms with Crippen LogP contribution in [0.15, 0.2) is 12.4 Å². The number of nitrogens with one attached hydrogen (secondary N) is 1. The quantitative estimate of drug-likeness (QED) is 0.776.